The Bertz CT molecular complexity index is 1380. The van der Waals surface area contributed by atoms with E-state index in [2.05, 4.69) is 51.7 Å². The second kappa shape index (κ2) is 8.88. The third-order valence-electron chi connectivity index (χ3n) is 6.48. The zero-order valence-corrected chi connectivity index (χ0v) is 19.8. The summed E-state index contributed by atoms with van der Waals surface area (Å²) in [5.74, 6) is 2.92. The minimum Gasteiger partial charge on any atom is -0.361 e. The molecule has 1 saturated heterocycles. The summed E-state index contributed by atoms with van der Waals surface area (Å²) in [5.41, 5.74) is 3.66. The summed E-state index contributed by atoms with van der Waals surface area (Å²) in [6.45, 7) is 2.59. The molecule has 34 heavy (non-hydrogen) atoms. The third-order valence-corrected chi connectivity index (χ3v) is 7.73. The fourth-order valence-electron chi connectivity index (χ4n) is 4.41. The highest BCUT2D eigenvalue weighted by molar-refractivity contribution is 7.99. The van der Waals surface area contributed by atoms with Gasteiger partial charge < -0.3 is 14.7 Å². The number of nitrogens with one attached hydrogen (secondary N) is 1. The highest BCUT2D eigenvalue weighted by atomic mass is 32.2. The normalized spacial score (nSPS) is 18.9. The van der Waals surface area contributed by atoms with Gasteiger partial charge in [-0.25, -0.2) is 4.98 Å². The average Bonchev–Trinajstić information content (AvgIpc) is 3.59. The number of benzene rings is 1. The number of likely N-dealkylation sites (N-methyl/N-ethyl adjacent to an activating group) is 1. The second-order valence-corrected chi connectivity index (χ2v) is 10.4. The molecule has 0 bridgehead atoms. The Morgan fingerprint density at radius 3 is 2.79 bits per heavy atom. The molecule has 0 amide bonds. The monoisotopic (exact) mass is 474 g/mol. The minimum absolute atomic E-state index is 0.112. The van der Waals surface area contributed by atoms with Crippen LogP contribution >= 0.6 is 11.8 Å². The molecule has 0 spiro atoms. The van der Waals surface area contributed by atoms with Gasteiger partial charge in [0.2, 0.25) is 5.95 Å². The first-order chi connectivity index (χ1) is 16.6. The SMILES string of the molecule is CN1CCSC(c2ccc(Nc3ncc4ccc(=O)n(Cc5cnoc5C5CC5)c4n3)cc2)C1. The number of pyridine rings is 1. The summed E-state index contributed by atoms with van der Waals surface area (Å²) >= 11 is 2.01. The van der Waals surface area contributed by atoms with Gasteiger partial charge in [-0.2, -0.15) is 16.7 Å². The van der Waals surface area contributed by atoms with Crippen molar-refractivity contribution in [2.24, 2.45) is 0 Å². The third kappa shape index (κ3) is 4.33. The molecule has 1 aliphatic heterocycles. The molecule has 8 nitrogen and oxygen atoms in total. The standard InChI is InChI=1S/C25H26N6O2S/c1-30-10-11-34-21(15-30)16-4-7-20(8-5-16)28-25-26-12-18-6-9-22(32)31(24(18)29-25)14-19-13-27-33-23(19)17-2-3-17/h4-9,12-13,17,21H,2-3,10-11,14-15H2,1H3,(H,26,28,29). The Balaban J connectivity index is 1.26. The van der Waals surface area contributed by atoms with E-state index < -0.39 is 0 Å². The maximum Gasteiger partial charge on any atom is 0.252 e. The molecule has 9 heteroatoms. The fraction of sp³-hybridized carbons (Fsp3) is 0.360. The molecule has 1 atom stereocenters. The molecule has 6 rings (SSSR count). The van der Waals surface area contributed by atoms with Crippen molar-refractivity contribution in [2.75, 3.05) is 31.2 Å². The molecule has 1 aliphatic carbocycles. The second-order valence-electron chi connectivity index (χ2n) is 9.09. The lowest BCUT2D eigenvalue weighted by Gasteiger charge is -2.29. The quantitative estimate of drug-likeness (QED) is 0.445. The van der Waals surface area contributed by atoms with Crippen LogP contribution in [0.3, 0.4) is 0 Å². The molecule has 4 heterocycles. The highest BCUT2D eigenvalue weighted by Gasteiger charge is 2.30. The van der Waals surface area contributed by atoms with Gasteiger partial charge in [-0.05, 0) is 43.7 Å². The number of hydrogen-bond acceptors (Lipinski definition) is 8. The molecule has 1 unspecified atom stereocenters. The van der Waals surface area contributed by atoms with Crippen LogP contribution < -0.4 is 10.9 Å². The number of hydrogen-bond donors (Lipinski definition) is 1. The topological polar surface area (TPSA) is 89.1 Å². The molecule has 2 fully saturated rings. The Kier molecular flexibility index (Phi) is 5.58. The van der Waals surface area contributed by atoms with E-state index in [0.29, 0.717) is 29.3 Å². The number of anilines is 2. The zero-order valence-electron chi connectivity index (χ0n) is 19.0. The van der Waals surface area contributed by atoms with Crippen molar-refractivity contribution >= 4 is 34.4 Å². The Labute approximate surface area is 201 Å². The maximum atomic E-state index is 12.8. The predicted octanol–water partition coefficient (Wildman–Crippen LogP) is 4.17. The highest BCUT2D eigenvalue weighted by Crippen LogP contribution is 2.41. The van der Waals surface area contributed by atoms with Gasteiger partial charge in [-0.1, -0.05) is 17.3 Å². The summed E-state index contributed by atoms with van der Waals surface area (Å²) in [7, 11) is 2.18. The van der Waals surface area contributed by atoms with E-state index in [1.165, 1.54) is 5.56 Å². The summed E-state index contributed by atoms with van der Waals surface area (Å²) in [6, 6.07) is 11.8. The van der Waals surface area contributed by atoms with Crippen molar-refractivity contribution in [3.8, 4) is 0 Å². The number of thioether (sulfide) groups is 1. The molecular weight excluding hydrogens is 448 g/mol. The Morgan fingerprint density at radius 2 is 2.00 bits per heavy atom. The smallest absolute Gasteiger partial charge is 0.252 e. The molecule has 2 aliphatic rings. The van der Waals surface area contributed by atoms with Gasteiger partial charge in [-0.15, -0.1) is 0 Å². The van der Waals surface area contributed by atoms with Crippen molar-refractivity contribution in [3.05, 3.63) is 76.0 Å². The molecule has 0 radical (unpaired) electrons. The van der Waals surface area contributed by atoms with E-state index in [-0.39, 0.29) is 5.56 Å². The summed E-state index contributed by atoms with van der Waals surface area (Å²) in [6.07, 6.45) is 5.68. The van der Waals surface area contributed by atoms with Crippen LogP contribution in [0.25, 0.3) is 11.0 Å². The van der Waals surface area contributed by atoms with Crippen LogP contribution in [0.5, 0.6) is 0 Å². The van der Waals surface area contributed by atoms with Crippen molar-refractivity contribution in [1.29, 1.82) is 0 Å². The van der Waals surface area contributed by atoms with E-state index in [1.54, 1.807) is 29.1 Å². The first kappa shape index (κ1) is 21.4. The van der Waals surface area contributed by atoms with Crippen LogP contribution in [0, 0.1) is 0 Å². The van der Waals surface area contributed by atoms with E-state index in [4.69, 9.17) is 9.51 Å². The average molecular weight is 475 g/mol. The summed E-state index contributed by atoms with van der Waals surface area (Å²) < 4.78 is 7.13. The van der Waals surface area contributed by atoms with Crippen molar-refractivity contribution in [3.63, 3.8) is 0 Å². The van der Waals surface area contributed by atoms with Crippen LogP contribution in [0.1, 0.15) is 40.9 Å². The number of fused-ring (bicyclic) bond motifs is 1. The Morgan fingerprint density at radius 1 is 1.15 bits per heavy atom. The van der Waals surface area contributed by atoms with Gasteiger partial charge in [0, 0.05) is 58.9 Å². The molecule has 4 aromatic rings. The fourth-order valence-corrected chi connectivity index (χ4v) is 5.83. The lowest BCUT2D eigenvalue weighted by atomic mass is 10.1. The number of aromatic nitrogens is 4. The van der Waals surface area contributed by atoms with Crippen LogP contribution in [0.4, 0.5) is 11.6 Å². The van der Waals surface area contributed by atoms with Crippen LogP contribution in [0.2, 0.25) is 0 Å². The first-order valence-electron chi connectivity index (χ1n) is 11.6. The molecule has 1 N–H and O–H groups in total. The number of nitrogens with zero attached hydrogens (tertiary/aromatic N) is 5. The van der Waals surface area contributed by atoms with Crippen molar-refractivity contribution in [1.82, 2.24) is 24.6 Å². The van der Waals surface area contributed by atoms with Crippen LogP contribution in [0.15, 0.2) is 58.1 Å². The molecule has 174 valence electrons. The van der Waals surface area contributed by atoms with Gasteiger partial charge in [0.25, 0.3) is 5.56 Å². The van der Waals surface area contributed by atoms with Crippen LogP contribution in [-0.2, 0) is 6.54 Å². The maximum absolute atomic E-state index is 12.8. The minimum atomic E-state index is -0.112. The molecular formula is C25H26N6O2S. The van der Waals surface area contributed by atoms with Crippen LogP contribution in [-0.4, -0.2) is 50.5 Å². The molecule has 1 aromatic carbocycles. The lowest BCUT2D eigenvalue weighted by Crippen LogP contribution is -2.30. The van der Waals surface area contributed by atoms with Gasteiger partial charge in [-0.3, -0.25) is 9.36 Å². The van der Waals surface area contributed by atoms with Crippen molar-refractivity contribution < 1.29 is 4.52 Å². The van der Waals surface area contributed by atoms with Gasteiger partial charge >= 0.3 is 0 Å². The molecule has 3 aromatic heterocycles. The summed E-state index contributed by atoms with van der Waals surface area (Å²) in [4.78, 5) is 24.3. The van der Waals surface area contributed by atoms with Gasteiger partial charge in [0.05, 0.1) is 12.7 Å². The van der Waals surface area contributed by atoms with Gasteiger partial charge in [0.15, 0.2) is 0 Å². The zero-order chi connectivity index (χ0) is 23.1. The van der Waals surface area contributed by atoms with Crippen molar-refractivity contribution in [2.45, 2.75) is 30.6 Å². The Hall–Kier alpha value is -3.17. The van der Waals surface area contributed by atoms with E-state index in [9.17, 15) is 4.79 Å². The summed E-state index contributed by atoms with van der Waals surface area (Å²) in [5, 5.41) is 8.57. The lowest BCUT2D eigenvalue weighted by molar-refractivity contribution is 0.347. The first-order valence-corrected chi connectivity index (χ1v) is 12.7. The van der Waals surface area contributed by atoms with E-state index in [1.807, 2.05) is 11.8 Å². The molecule has 1 saturated carbocycles. The largest absolute Gasteiger partial charge is 0.361 e. The van der Waals surface area contributed by atoms with Gasteiger partial charge in [0.1, 0.15) is 11.4 Å². The number of rotatable bonds is 6. The van der Waals surface area contributed by atoms with E-state index >= 15 is 0 Å². The van der Waals surface area contributed by atoms with E-state index in [0.717, 1.165) is 54.1 Å². The predicted molar refractivity (Wildman–Crippen MR) is 134 cm³/mol.